The van der Waals surface area contributed by atoms with E-state index < -0.39 is 0 Å². The van der Waals surface area contributed by atoms with E-state index >= 15 is 0 Å². The Morgan fingerprint density at radius 3 is 2.87 bits per heavy atom. The maximum atomic E-state index is 13.3. The van der Waals surface area contributed by atoms with Crippen molar-refractivity contribution in [1.82, 2.24) is 4.98 Å². The quantitative estimate of drug-likeness (QED) is 0.777. The Balaban J connectivity index is 2.24. The van der Waals surface area contributed by atoms with E-state index in [1.807, 2.05) is 0 Å². The number of oxazole rings is 1. The second kappa shape index (κ2) is 4.28. The first-order valence-electron chi connectivity index (χ1n) is 4.28. The third-order valence-electron chi connectivity index (χ3n) is 1.82. The van der Waals surface area contributed by atoms with Crippen molar-refractivity contribution in [1.29, 1.82) is 0 Å². The third-order valence-corrected chi connectivity index (χ3v) is 2.05. The van der Waals surface area contributed by atoms with E-state index in [1.54, 1.807) is 24.3 Å². The Hall–Kier alpha value is -1.61. The average molecular weight is 224 g/mol. The summed E-state index contributed by atoms with van der Waals surface area (Å²) in [4.78, 5) is 3.88. The molecule has 0 saturated carbocycles. The van der Waals surface area contributed by atoms with Gasteiger partial charge >= 0.3 is 0 Å². The standard InChI is InChI=1S/C11H7ClFNO/c12-9-3-1-8(10(13)7-9)2-4-11-14-5-6-15-11/h1-7H. The van der Waals surface area contributed by atoms with Gasteiger partial charge in [0.05, 0.1) is 6.20 Å². The summed E-state index contributed by atoms with van der Waals surface area (Å²) >= 11 is 5.62. The van der Waals surface area contributed by atoms with Crippen LogP contribution in [0.15, 0.2) is 35.1 Å². The molecule has 1 heterocycles. The molecule has 76 valence electrons. The number of rotatable bonds is 2. The molecule has 1 aromatic heterocycles. The number of aromatic nitrogens is 1. The molecule has 2 nitrogen and oxygen atoms in total. The van der Waals surface area contributed by atoms with Crippen LogP contribution in [0.25, 0.3) is 12.2 Å². The molecule has 0 saturated heterocycles. The fourth-order valence-electron chi connectivity index (χ4n) is 1.11. The zero-order chi connectivity index (χ0) is 10.7. The van der Waals surface area contributed by atoms with Crippen LogP contribution < -0.4 is 0 Å². The molecule has 0 amide bonds. The molecule has 0 radical (unpaired) electrons. The van der Waals surface area contributed by atoms with Crippen LogP contribution in [0.1, 0.15) is 11.5 Å². The van der Waals surface area contributed by atoms with Gasteiger partial charge in [0.15, 0.2) is 0 Å². The summed E-state index contributed by atoms with van der Waals surface area (Å²) in [5.74, 6) is 0.0645. The zero-order valence-electron chi connectivity index (χ0n) is 7.65. The molecule has 1 aromatic carbocycles. The molecular weight excluding hydrogens is 217 g/mol. The van der Waals surface area contributed by atoms with Gasteiger partial charge in [-0.15, -0.1) is 0 Å². The van der Waals surface area contributed by atoms with E-state index in [1.165, 1.54) is 18.5 Å². The van der Waals surface area contributed by atoms with Crippen molar-refractivity contribution >= 4 is 23.8 Å². The Morgan fingerprint density at radius 1 is 1.33 bits per heavy atom. The van der Waals surface area contributed by atoms with Gasteiger partial charge in [0.2, 0.25) is 5.89 Å². The highest BCUT2D eigenvalue weighted by atomic mass is 35.5. The second-order valence-electron chi connectivity index (χ2n) is 2.87. The molecule has 0 aliphatic rings. The van der Waals surface area contributed by atoms with Crippen molar-refractivity contribution in [2.24, 2.45) is 0 Å². The summed E-state index contributed by atoms with van der Waals surface area (Å²) in [5.41, 5.74) is 0.442. The number of benzene rings is 1. The van der Waals surface area contributed by atoms with Gasteiger partial charge in [-0.05, 0) is 18.2 Å². The molecule has 0 atom stereocenters. The van der Waals surface area contributed by atoms with Crippen LogP contribution in [-0.2, 0) is 0 Å². The molecule has 0 unspecified atom stereocenters. The van der Waals surface area contributed by atoms with Gasteiger partial charge in [-0.2, -0.15) is 0 Å². The molecule has 15 heavy (non-hydrogen) atoms. The summed E-state index contributed by atoms with van der Waals surface area (Å²) in [6.45, 7) is 0. The van der Waals surface area contributed by atoms with Crippen molar-refractivity contribution in [2.75, 3.05) is 0 Å². The van der Waals surface area contributed by atoms with Gasteiger partial charge < -0.3 is 4.42 Å². The van der Waals surface area contributed by atoms with Gasteiger partial charge in [-0.1, -0.05) is 17.7 Å². The van der Waals surface area contributed by atoms with Crippen LogP contribution in [0.2, 0.25) is 5.02 Å². The lowest BCUT2D eigenvalue weighted by Gasteiger charge is -1.96. The topological polar surface area (TPSA) is 26.0 Å². The molecule has 0 spiro atoms. The average Bonchev–Trinajstić information content (AvgIpc) is 2.69. The van der Waals surface area contributed by atoms with E-state index in [0.717, 1.165) is 0 Å². The number of hydrogen-bond acceptors (Lipinski definition) is 2. The van der Waals surface area contributed by atoms with Gasteiger partial charge in [-0.25, -0.2) is 9.37 Å². The lowest BCUT2D eigenvalue weighted by Crippen LogP contribution is -1.80. The van der Waals surface area contributed by atoms with Crippen LogP contribution >= 0.6 is 11.6 Å². The van der Waals surface area contributed by atoms with E-state index in [0.29, 0.717) is 16.5 Å². The summed E-state index contributed by atoms with van der Waals surface area (Å²) in [6, 6.07) is 4.48. The predicted octanol–water partition coefficient (Wildman–Crippen LogP) is 3.64. The van der Waals surface area contributed by atoms with Crippen molar-refractivity contribution in [3.05, 3.63) is 53.0 Å². The lowest BCUT2D eigenvalue weighted by atomic mass is 10.2. The number of hydrogen-bond donors (Lipinski definition) is 0. The van der Waals surface area contributed by atoms with Crippen LogP contribution in [0, 0.1) is 5.82 Å². The van der Waals surface area contributed by atoms with E-state index in [4.69, 9.17) is 16.0 Å². The fourth-order valence-corrected chi connectivity index (χ4v) is 1.27. The normalized spacial score (nSPS) is 11.1. The first kappa shape index (κ1) is 9.93. The van der Waals surface area contributed by atoms with Crippen molar-refractivity contribution in [3.8, 4) is 0 Å². The highest BCUT2D eigenvalue weighted by molar-refractivity contribution is 6.30. The van der Waals surface area contributed by atoms with Crippen LogP contribution in [0.3, 0.4) is 0 Å². The minimum Gasteiger partial charge on any atom is -0.445 e. The Morgan fingerprint density at radius 2 is 2.20 bits per heavy atom. The fraction of sp³-hybridized carbons (Fsp3) is 0. The minimum absolute atomic E-state index is 0.370. The summed E-state index contributed by atoms with van der Waals surface area (Å²) in [6.07, 6.45) is 6.15. The first-order chi connectivity index (χ1) is 7.25. The maximum absolute atomic E-state index is 13.3. The maximum Gasteiger partial charge on any atom is 0.218 e. The SMILES string of the molecule is Fc1cc(Cl)ccc1C=Cc1ncco1. The Labute approximate surface area is 91.0 Å². The van der Waals surface area contributed by atoms with Crippen molar-refractivity contribution in [3.63, 3.8) is 0 Å². The molecular formula is C11H7ClFNO. The second-order valence-corrected chi connectivity index (χ2v) is 3.31. The van der Waals surface area contributed by atoms with Crippen LogP contribution in [0.4, 0.5) is 4.39 Å². The van der Waals surface area contributed by atoms with Gasteiger partial charge in [0.25, 0.3) is 0 Å². The highest BCUT2D eigenvalue weighted by Crippen LogP contribution is 2.16. The largest absolute Gasteiger partial charge is 0.445 e. The molecule has 0 fully saturated rings. The smallest absolute Gasteiger partial charge is 0.218 e. The molecule has 2 aromatic rings. The number of halogens is 2. The summed E-state index contributed by atoms with van der Waals surface area (Å²) < 4.78 is 18.3. The molecule has 0 N–H and O–H groups in total. The molecule has 4 heteroatoms. The van der Waals surface area contributed by atoms with E-state index in [-0.39, 0.29) is 5.82 Å². The molecule has 0 bridgehead atoms. The Kier molecular flexibility index (Phi) is 2.83. The lowest BCUT2D eigenvalue weighted by molar-refractivity contribution is 0.547. The van der Waals surface area contributed by atoms with Gasteiger partial charge in [0, 0.05) is 16.7 Å². The summed E-state index contributed by atoms with van der Waals surface area (Å²) in [7, 11) is 0. The van der Waals surface area contributed by atoms with Crippen molar-refractivity contribution in [2.45, 2.75) is 0 Å². The van der Waals surface area contributed by atoms with Gasteiger partial charge in [-0.3, -0.25) is 0 Å². The first-order valence-corrected chi connectivity index (χ1v) is 4.66. The third kappa shape index (κ3) is 2.44. The predicted molar refractivity (Wildman–Crippen MR) is 56.8 cm³/mol. The van der Waals surface area contributed by atoms with Crippen LogP contribution in [-0.4, -0.2) is 4.98 Å². The van der Waals surface area contributed by atoms with Crippen LogP contribution in [0.5, 0.6) is 0 Å². The zero-order valence-corrected chi connectivity index (χ0v) is 8.41. The highest BCUT2D eigenvalue weighted by Gasteiger charge is 1.99. The molecule has 0 aliphatic carbocycles. The summed E-state index contributed by atoms with van der Waals surface area (Å²) in [5, 5.41) is 0.376. The monoisotopic (exact) mass is 223 g/mol. The Bertz CT molecular complexity index is 479. The molecule has 2 rings (SSSR count). The van der Waals surface area contributed by atoms with E-state index in [9.17, 15) is 4.39 Å². The number of nitrogens with zero attached hydrogens (tertiary/aromatic N) is 1. The van der Waals surface area contributed by atoms with E-state index in [2.05, 4.69) is 4.98 Å². The van der Waals surface area contributed by atoms with Gasteiger partial charge in [0.1, 0.15) is 12.1 Å². The minimum atomic E-state index is -0.370. The van der Waals surface area contributed by atoms with Crippen molar-refractivity contribution < 1.29 is 8.81 Å². The molecule has 0 aliphatic heterocycles.